The van der Waals surface area contributed by atoms with Gasteiger partial charge in [-0.1, -0.05) is 22.9 Å². The van der Waals surface area contributed by atoms with Crippen molar-refractivity contribution in [2.75, 3.05) is 4.90 Å². The average Bonchev–Trinajstić information content (AvgIpc) is 2.93. The molecule has 0 aromatic heterocycles. The van der Waals surface area contributed by atoms with Crippen LogP contribution in [0.5, 0.6) is 5.75 Å². The van der Waals surface area contributed by atoms with Crippen molar-refractivity contribution >= 4 is 39.4 Å². The number of hydrogen-bond acceptors (Lipinski definition) is 4. The molecule has 0 spiro atoms. The molecule has 0 unspecified atom stereocenters. The Balaban J connectivity index is 1.49. The Morgan fingerprint density at radius 3 is 2.29 bits per heavy atom. The fourth-order valence-electron chi connectivity index (χ4n) is 4.06. The fourth-order valence-corrected chi connectivity index (χ4v) is 4.32. The SMILES string of the molecule is C[C@H]1CC[C@@H]2C(=O)N(c3ccc(OC(=O)c4ccc(Br)cc4)cc3)C(=O)[C@@H]2C1. The number of anilines is 1. The van der Waals surface area contributed by atoms with Crippen LogP contribution in [0.1, 0.15) is 36.5 Å². The lowest BCUT2D eigenvalue weighted by molar-refractivity contribution is -0.122. The summed E-state index contributed by atoms with van der Waals surface area (Å²) in [6.07, 6.45) is 2.53. The number of carbonyl (C=O) groups excluding carboxylic acids is 3. The van der Waals surface area contributed by atoms with Crippen molar-refractivity contribution in [1.82, 2.24) is 0 Å². The van der Waals surface area contributed by atoms with Gasteiger partial charge in [-0.3, -0.25) is 14.5 Å². The maximum atomic E-state index is 12.8. The van der Waals surface area contributed by atoms with E-state index in [1.165, 1.54) is 4.90 Å². The van der Waals surface area contributed by atoms with Gasteiger partial charge in [0.25, 0.3) is 0 Å². The number of rotatable bonds is 3. The minimum atomic E-state index is -0.464. The molecule has 0 radical (unpaired) electrons. The highest BCUT2D eigenvalue weighted by Crippen LogP contribution is 2.42. The third kappa shape index (κ3) is 3.49. The van der Waals surface area contributed by atoms with Crippen LogP contribution in [0.25, 0.3) is 0 Å². The van der Waals surface area contributed by atoms with E-state index in [-0.39, 0.29) is 23.7 Å². The van der Waals surface area contributed by atoms with Gasteiger partial charge < -0.3 is 4.74 Å². The first kappa shape index (κ1) is 18.9. The van der Waals surface area contributed by atoms with Gasteiger partial charge >= 0.3 is 5.97 Å². The Kier molecular flexibility index (Phi) is 5.06. The first-order valence-corrected chi connectivity index (χ1v) is 10.2. The number of ether oxygens (including phenoxy) is 1. The van der Waals surface area contributed by atoms with Crippen LogP contribution >= 0.6 is 15.9 Å². The molecule has 1 aliphatic carbocycles. The van der Waals surface area contributed by atoms with E-state index in [1.54, 1.807) is 48.5 Å². The summed E-state index contributed by atoms with van der Waals surface area (Å²) in [4.78, 5) is 39.1. The van der Waals surface area contributed by atoms with Crippen LogP contribution in [0.3, 0.4) is 0 Å². The Morgan fingerprint density at radius 1 is 0.964 bits per heavy atom. The number of amides is 2. The molecule has 2 amide bonds. The molecule has 5 nitrogen and oxygen atoms in total. The molecule has 1 aliphatic heterocycles. The predicted octanol–water partition coefficient (Wildman–Crippen LogP) is 4.59. The first-order chi connectivity index (χ1) is 13.4. The Bertz CT molecular complexity index is 923. The zero-order chi connectivity index (χ0) is 19.8. The Hall–Kier alpha value is -2.47. The summed E-state index contributed by atoms with van der Waals surface area (Å²) < 4.78 is 6.26. The molecule has 1 saturated heterocycles. The zero-order valence-corrected chi connectivity index (χ0v) is 17.0. The molecule has 2 aromatic carbocycles. The van der Waals surface area contributed by atoms with Gasteiger partial charge in [0, 0.05) is 4.47 Å². The predicted molar refractivity (Wildman–Crippen MR) is 108 cm³/mol. The molecule has 4 rings (SSSR count). The highest BCUT2D eigenvalue weighted by Gasteiger charge is 2.49. The van der Waals surface area contributed by atoms with Crippen molar-refractivity contribution in [2.45, 2.75) is 26.2 Å². The number of imide groups is 1. The summed E-state index contributed by atoms with van der Waals surface area (Å²) in [5, 5.41) is 0. The van der Waals surface area contributed by atoms with Crippen LogP contribution < -0.4 is 9.64 Å². The van der Waals surface area contributed by atoms with E-state index in [2.05, 4.69) is 22.9 Å². The summed E-state index contributed by atoms with van der Waals surface area (Å²) in [7, 11) is 0. The number of carbonyl (C=O) groups is 3. The van der Waals surface area contributed by atoms with Gasteiger partial charge in [0.15, 0.2) is 0 Å². The number of benzene rings is 2. The number of fused-ring (bicyclic) bond motifs is 1. The molecular formula is C22H20BrNO4. The highest BCUT2D eigenvalue weighted by molar-refractivity contribution is 9.10. The largest absolute Gasteiger partial charge is 0.423 e. The lowest BCUT2D eigenvalue weighted by Gasteiger charge is -2.25. The minimum Gasteiger partial charge on any atom is -0.423 e. The van der Waals surface area contributed by atoms with Crippen LogP contribution in [0.15, 0.2) is 53.0 Å². The quantitative estimate of drug-likeness (QED) is 0.396. The van der Waals surface area contributed by atoms with Crippen molar-refractivity contribution in [3.8, 4) is 5.75 Å². The first-order valence-electron chi connectivity index (χ1n) is 9.39. The number of esters is 1. The summed E-state index contributed by atoms with van der Waals surface area (Å²) >= 11 is 3.33. The zero-order valence-electron chi connectivity index (χ0n) is 15.4. The van der Waals surface area contributed by atoms with Crippen LogP contribution in [0.4, 0.5) is 5.69 Å². The second kappa shape index (κ2) is 7.51. The molecule has 0 bridgehead atoms. The van der Waals surface area contributed by atoms with Crippen LogP contribution in [-0.4, -0.2) is 17.8 Å². The third-order valence-corrected chi connectivity index (χ3v) is 6.10. The fraction of sp³-hybridized carbons (Fsp3) is 0.318. The van der Waals surface area contributed by atoms with Crippen molar-refractivity contribution in [2.24, 2.45) is 17.8 Å². The van der Waals surface area contributed by atoms with Crippen LogP contribution in [0, 0.1) is 17.8 Å². The molecule has 28 heavy (non-hydrogen) atoms. The van der Waals surface area contributed by atoms with Gasteiger partial charge in [-0.2, -0.15) is 0 Å². The van der Waals surface area contributed by atoms with Crippen LogP contribution in [0.2, 0.25) is 0 Å². The van der Waals surface area contributed by atoms with Crippen molar-refractivity contribution < 1.29 is 19.1 Å². The Labute approximate surface area is 171 Å². The van der Waals surface area contributed by atoms with Crippen molar-refractivity contribution in [3.05, 3.63) is 58.6 Å². The standard InChI is InChI=1S/C22H20BrNO4/c1-13-2-11-18-19(12-13)21(26)24(20(18)25)16-7-9-17(10-8-16)28-22(27)14-3-5-15(23)6-4-14/h3-10,13,18-19H,2,11-12H2,1H3/t13-,18-,19+/m0/s1. The Morgan fingerprint density at radius 2 is 1.61 bits per heavy atom. The topological polar surface area (TPSA) is 63.7 Å². The number of halogens is 1. The van der Waals surface area contributed by atoms with Gasteiger partial charge in [0.05, 0.1) is 23.1 Å². The van der Waals surface area contributed by atoms with E-state index in [9.17, 15) is 14.4 Å². The second-order valence-corrected chi connectivity index (χ2v) is 8.45. The van der Waals surface area contributed by atoms with E-state index >= 15 is 0 Å². The van der Waals surface area contributed by atoms with E-state index in [0.29, 0.717) is 22.9 Å². The van der Waals surface area contributed by atoms with E-state index in [0.717, 1.165) is 23.7 Å². The van der Waals surface area contributed by atoms with E-state index in [4.69, 9.17) is 4.74 Å². The average molecular weight is 442 g/mol. The van der Waals surface area contributed by atoms with E-state index in [1.807, 2.05) is 0 Å². The summed E-state index contributed by atoms with van der Waals surface area (Å²) in [6.45, 7) is 2.13. The summed E-state index contributed by atoms with van der Waals surface area (Å²) in [5.41, 5.74) is 0.968. The molecule has 1 saturated carbocycles. The maximum Gasteiger partial charge on any atom is 0.343 e. The lowest BCUT2D eigenvalue weighted by Crippen LogP contribution is -2.30. The smallest absolute Gasteiger partial charge is 0.343 e. The van der Waals surface area contributed by atoms with Gasteiger partial charge in [0.2, 0.25) is 11.8 Å². The minimum absolute atomic E-state index is 0.110. The third-order valence-electron chi connectivity index (χ3n) is 5.57. The van der Waals surface area contributed by atoms with Crippen molar-refractivity contribution in [1.29, 1.82) is 0 Å². The molecule has 2 fully saturated rings. The highest BCUT2D eigenvalue weighted by atomic mass is 79.9. The molecular weight excluding hydrogens is 422 g/mol. The molecule has 6 heteroatoms. The normalized spacial score (nSPS) is 24.2. The van der Waals surface area contributed by atoms with Gasteiger partial charge in [-0.15, -0.1) is 0 Å². The molecule has 0 N–H and O–H groups in total. The van der Waals surface area contributed by atoms with Gasteiger partial charge in [-0.25, -0.2) is 4.79 Å². The molecule has 1 heterocycles. The van der Waals surface area contributed by atoms with Crippen molar-refractivity contribution in [3.63, 3.8) is 0 Å². The lowest BCUT2D eigenvalue weighted by atomic mass is 9.76. The van der Waals surface area contributed by atoms with Gasteiger partial charge in [-0.05, 0) is 73.7 Å². The summed E-state index contributed by atoms with van der Waals surface area (Å²) in [5.74, 6) is -0.249. The van der Waals surface area contributed by atoms with Gasteiger partial charge in [0.1, 0.15) is 5.75 Å². The number of hydrogen-bond donors (Lipinski definition) is 0. The molecule has 2 aromatic rings. The number of nitrogens with zero attached hydrogens (tertiary/aromatic N) is 1. The summed E-state index contributed by atoms with van der Waals surface area (Å²) in [6, 6.07) is 13.4. The second-order valence-electron chi connectivity index (χ2n) is 7.53. The van der Waals surface area contributed by atoms with Crippen LogP contribution in [-0.2, 0) is 9.59 Å². The molecule has 144 valence electrons. The maximum absolute atomic E-state index is 12.8. The molecule has 2 aliphatic rings. The monoisotopic (exact) mass is 441 g/mol. The van der Waals surface area contributed by atoms with E-state index < -0.39 is 5.97 Å². The molecule has 3 atom stereocenters.